The molecule has 0 amide bonds. The zero-order valence-electron chi connectivity index (χ0n) is 12.0. The van der Waals surface area contributed by atoms with Crippen LogP contribution in [0.15, 0.2) is 35.7 Å². The van der Waals surface area contributed by atoms with E-state index in [2.05, 4.69) is 12.2 Å². The molecule has 0 fully saturated rings. The van der Waals surface area contributed by atoms with E-state index >= 15 is 0 Å². The van der Waals surface area contributed by atoms with Crippen LogP contribution in [0.3, 0.4) is 0 Å². The molecule has 1 aromatic carbocycles. The van der Waals surface area contributed by atoms with E-state index in [0.717, 1.165) is 29.5 Å². The van der Waals surface area contributed by atoms with Gasteiger partial charge in [0.2, 0.25) is 0 Å². The number of halogens is 3. The molecule has 1 nitrogen and oxygen atoms in total. The highest BCUT2D eigenvalue weighted by molar-refractivity contribution is 7.10. The molecular formula is C16H18F3NS. The fourth-order valence-corrected chi connectivity index (χ4v) is 3.10. The van der Waals surface area contributed by atoms with Gasteiger partial charge in [-0.15, -0.1) is 11.3 Å². The lowest BCUT2D eigenvalue weighted by Gasteiger charge is -2.21. The van der Waals surface area contributed by atoms with Crippen LogP contribution in [0.25, 0.3) is 0 Å². The van der Waals surface area contributed by atoms with Crippen molar-refractivity contribution in [2.75, 3.05) is 6.54 Å². The maximum Gasteiger partial charge on any atom is 0.416 e. The van der Waals surface area contributed by atoms with Gasteiger partial charge in [0.05, 0.1) is 11.6 Å². The molecule has 0 aliphatic carbocycles. The molecule has 1 N–H and O–H groups in total. The number of hydrogen-bond acceptors (Lipinski definition) is 2. The normalized spacial score (nSPS) is 13.4. The fourth-order valence-electron chi connectivity index (χ4n) is 2.28. The Bertz CT molecular complexity index is 576. The van der Waals surface area contributed by atoms with Crippen molar-refractivity contribution in [2.24, 2.45) is 0 Å². The SMILES string of the molecule is CCCNC(c1cccs1)c1ccc(C(F)(F)F)cc1C. The van der Waals surface area contributed by atoms with Crippen molar-refractivity contribution in [3.05, 3.63) is 57.3 Å². The van der Waals surface area contributed by atoms with Crippen molar-refractivity contribution in [1.82, 2.24) is 5.32 Å². The summed E-state index contributed by atoms with van der Waals surface area (Å²) in [4.78, 5) is 1.12. The van der Waals surface area contributed by atoms with Crippen LogP contribution < -0.4 is 5.32 Å². The van der Waals surface area contributed by atoms with E-state index in [1.165, 1.54) is 6.07 Å². The van der Waals surface area contributed by atoms with Gasteiger partial charge in [-0.25, -0.2) is 0 Å². The first-order valence-electron chi connectivity index (χ1n) is 6.88. The molecule has 1 aromatic heterocycles. The predicted octanol–water partition coefficient (Wildman–Crippen LogP) is 5.16. The maximum absolute atomic E-state index is 12.8. The lowest BCUT2D eigenvalue weighted by Crippen LogP contribution is -2.23. The first-order valence-corrected chi connectivity index (χ1v) is 7.76. The number of hydrogen-bond donors (Lipinski definition) is 1. The van der Waals surface area contributed by atoms with Gasteiger partial charge in [-0.3, -0.25) is 0 Å². The minimum atomic E-state index is -4.29. The van der Waals surface area contributed by atoms with Gasteiger partial charge in [-0.1, -0.05) is 19.1 Å². The van der Waals surface area contributed by atoms with Crippen LogP contribution in [0, 0.1) is 6.92 Å². The molecule has 0 radical (unpaired) electrons. The Kier molecular flexibility index (Phi) is 5.06. The number of thiophene rings is 1. The third-order valence-corrected chi connectivity index (χ3v) is 4.27. The molecule has 21 heavy (non-hydrogen) atoms. The van der Waals surface area contributed by atoms with Crippen LogP contribution in [-0.4, -0.2) is 6.54 Å². The Morgan fingerprint density at radius 3 is 2.52 bits per heavy atom. The zero-order chi connectivity index (χ0) is 15.5. The van der Waals surface area contributed by atoms with Gasteiger partial charge in [0.15, 0.2) is 0 Å². The Labute approximate surface area is 126 Å². The van der Waals surface area contributed by atoms with Crippen LogP contribution in [0.4, 0.5) is 13.2 Å². The van der Waals surface area contributed by atoms with Gasteiger partial charge >= 0.3 is 6.18 Å². The van der Waals surface area contributed by atoms with Gasteiger partial charge < -0.3 is 5.32 Å². The highest BCUT2D eigenvalue weighted by atomic mass is 32.1. The summed E-state index contributed by atoms with van der Waals surface area (Å²) in [5.41, 5.74) is 0.967. The zero-order valence-corrected chi connectivity index (χ0v) is 12.8. The quantitative estimate of drug-likeness (QED) is 0.803. The topological polar surface area (TPSA) is 12.0 Å². The predicted molar refractivity (Wildman–Crippen MR) is 80.6 cm³/mol. The minimum Gasteiger partial charge on any atom is -0.306 e. The monoisotopic (exact) mass is 313 g/mol. The van der Waals surface area contributed by atoms with Gasteiger partial charge in [-0.2, -0.15) is 13.2 Å². The molecule has 0 spiro atoms. The van der Waals surface area contributed by atoms with Gasteiger partial charge in [0.1, 0.15) is 0 Å². The Balaban J connectivity index is 2.36. The van der Waals surface area contributed by atoms with Gasteiger partial charge in [0.25, 0.3) is 0 Å². The van der Waals surface area contributed by atoms with E-state index in [1.54, 1.807) is 24.3 Å². The summed E-state index contributed by atoms with van der Waals surface area (Å²) in [5, 5.41) is 5.40. The van der Waals surface area contributed by atoms with Crippen LogP contribution in [-0.2, 0) is 6.18 Å². The van der Waals surface area contributed by atoms with Crippen molar-refractivity contribution in [3.63, 3.8) is 0 Å². The number of benzene rings is 1. The van der Waals surface area contributed by atoms with E-state index in [-0.39, 0.29) is 6.04 Å². The Hall–Kier alpha value is -1.33. The number of alkyl halides is 3. The third-order valence-electron chi connectivity index (χ3n) is 3.33. The number of aryl methyl sites for hydroxylation is 1. The summed E-state index contributed by atoms with van der Waals surface area (Å²) in [6.07, 6.45) is -3.32. The molecule has 1 heterocycles. The summed E-state index contributed by atoms with van der Waals surface area (Å²) in [7, 11) is 0. The first kappa shape index (κ1) is 16.0. The Morgan fingerprint density at radius 2 is 2.00 bits per heavy atom. The summed E-state index contributed by atoms with van der Waals surface area (Å²) < 4.78 is 38.3. The highest BCUT2D eigenvalue weighted by Gasteiger charge is 2.31. The van der Waals surface area contributed by atoms with Crippen LogP contribution >= 0.6 is 11.3 Å². The summed E-state index contributed by atoms with van der Waals surface area (Å²) >= 11 is 1.61. The molecule has 5 heteroatoms. The third kappa shape index (κ3) is 3.86. The lowest BCUT2D eigenvalue weighted by atomic mass is 9.97. The molecular weight excluding hydrogens is 295 g/mol. The van der Waals surface area contributed by atoms with Gasteiger partial charge in [-0.05, 0) is 54.6 Å². The molecule has 114 valence electrons. The first-order chi connectivity index (χ1) is 9.93. The molecule has 1 atom stereocenters. The fraction of sp³-hybridized carbons (Fsp3) is 0.375. The average molecular weight is 313 g/mol. The second kappa shape index (κ2) is 6.62. The second-order valence-electron chi connectivity index (χ2n) is 4.97. The van der Waals surface area contributed by atoms with Crippen molar-refractivity contribution in [2.45, 2.75) is 32.5 Å². The lowest BCUT2D eigenvalue weighted by molar-refractivity contribution is -0.137. The maximum atomic E-state index is 12.8. The summed E-state index contributed by atoms with van der Waals surface area (Å²) in [6.45, 7) is 4.62. The average Bonchev–Trinajstić information content (AvgIpc) is 2.93. The number of nitrogens with one attached hydrogen (secondary N) is 1. The number of rotatable bonds is 5. The largest absolute Gasteiger partial charge is 0.416 e. The second-order valence-corrected chi connectivity index (χ2v) is 5.95. The smallest absolute Gasteiger partial charge is 0.306 e. The highest BCUT2D eigenvalue weighted by Crippen LogP contribution is 2.34. The molecule has 2 rings (SSSR count). The molecule has 0 bridgehead atoms. The molecule has 1 unspecified atom stereocenters. The molecule has 0 aliphatic rings. The summed E-state index contributed by atoms with van der Waals surface area (Å²) in [6, 6.07) is 7.90. The van der Waals surface area contributed by atoms with Crippen molar-refractivity contribution in [1.29, 1.82) is 0 Å². The minimum absolute atomic E-state index is 0.0489. The molecule has 0 aliphatic heterocycles. The van der Waals surface area contributed by atoms with E-state index in [4.69, 9.17) is 0 Å². The van der Waals surface area contributed by atoms with Crippen LogP contribution in [0.2, 0.25) is 0 Å². The Morgan fingerprint density at radius 1 is 1.24 bits per heavy atom. The van der Waals surface area contributed by atoms with E-state index < -0.39 is 11.7 Å². The standard InChI is InChI=1S/C16H18F3NS/c1-3-8-20-15(14-5-4-9-21-14)13-7-6-12(10-11(13)2)16(17,18)19/h4-7,9-10,15,20H,3,8H2,1-2H3. The molecule has 2 aromatic rings. The van der Waals surface area contributed by atoms with E-state index in [9.17, 15) is 13.2 Å². The van der Waals surface area contributed by atoms with Crippen LogP contribution in [0.5, 0.6) is 0 Å². The summed E-state index contributed by atoms with van der Waals surface area (Å²) in [5.74, 6) is 0. The van der Waals surface area contributed by atoms with Crippen molar-refractivity contribution < 1.29 is 13.2 Å². The molecule has 0 saturated heterocycles. The van der Waals surface area contributed by atoms with Crippen LogP contribution in [0.1, 0.15) is 41.0 Å². The van der Waals surface area contributed by atoms with Crippen molar-refractivity contribution >= 4 is 11.3 Å². The van der Waals surface area contributed by atoms with E-state index in [0.29, 0.717) is 5.56 Å². The van der Waals surface area contributed by atoms with Crippen molar-refractivity contribution in [3.8, 4) is 0 Å². The van der Waals surface area contributed by atoms with Gasteiger partial charge in [0, 0.05) is 4.88 Å². The molecule has 0 saturated carbocycles. The van der Waals surface area contributed by atoms with E-state index in [1.807, 2.05) is 17.5 Å².